The molecule has 0 aliphatic carbocycles. The molecule has 2 aromatic rings. The second-order valence-corrected chi connectivity index (χ2v) is 5.28. The van der Waals surface area contributed by atoms with Crippen LogP contribution in [0.2, 0.25) is 0 Å². The predicted octanol–water partition coefficient (Wildman–Crippen LogP) is 2.06. The Morgan fingerprint density at radius 1 is 1.43 bits per heavy atom. The van der Waals surface area contributed by atoms with Crippen LogP contribution in [-0.4, -0.2) is 13.4 Å². The molecule has 0 aliphatic rings. The molecule has 0 bridgehead atoms. The third-order valence-electron chi connectivity index (χ3n) is 1.80. The van der Waals surface area contributed by atoms with Crippen LogP contribution in [0, 0.1) is 6.92 Å². The maximum atomic E-state index is 10.9. The first-order chi connectivity index (χ1) is 6.48. The molecule has 0 radical (unpaired) electrons. The first-order valence-electron chi connectivity index (χ1n) is 3.79. The van der Waals surface area contributed by atoms with Crippen molar-refractivity contribution in [1.29, 1.82) is 0 Å². The number of hydrogen-bond acceptors (Lipinski definition) is 4. The van der Waals surface area contributed by atoms with Crippen LogP contribution in [0.3, 0.4) is 0 Å². The summed E-state index contributed by atoms with van der Waals surface area (Å²) in [5, 5.41) is -0.455. The normalized spacial score (nSPS) is 12.1. The molecule has 1 aromatic heterocycles. The van der Waals surface area contributed by atoms with Gasteiger partial charge in [0.05, 0.1) is 0 Å². The topological polar surface area (TPSA) is 60.2 Å². The number of rotatable bonds is 1. The van der Waals surface area contributed by atoms with Crippen molar-refractivity contribution >= 4 is 30.8 Å². The zero-order valence-corrected chi connectivity index (χ0v) is 8.76. The fourth-order valence-electron chi connectivity index (χ4n) is 1.17. The third kappa shape index (κ3) is 1.49. The molecule has 0 saturated carbocycles. The average molecular weight is 232 g/mol. The molecule has 1 aromatic carbocycles. The van der Waals surface area contributed by atoms with Crippen LogP contribution in [0.25, 0.3) is 11.1 Å². The molecule has 6 heteroatoms. The molecule has 4 nitrogen and oxygen atoms in total. The van der Waals surface area contributed by atoms with Crippen molar-refractivity contribution < 1.29 is 12.8 Å². The van der Waals surface area contributed by atoms with E-state index >= 15 is 0 Å². The van der Waals surface area contributed by atoms with E-state index in [0.717, 1.165) is 5.56 Å². The number of aryl methyl sites for hydroxylation is 1. The lowest BCUT2D eigenvalue weighted by atomic mass is 10.2. The highest BCUT2D eigenvalue weighted by Crippen LogP contribution is 2.23. The van der Waals surface area contributed by atoms with Crippen molar-refractivity contribution in [2.75, 3.05) is 0 Å². The lowest BCUT2D eigenvalue weighted by molar-refractivity contribution is 0.463. The van der Waals surface area contributed by atoms with Crippen LogP contribution in [0.15, 0.2) is 27.8 Å². The van der Waals surface area contributed by atoms with Crippen molar-refractivity contribution in [2.24, 2.45) is 0 Å². The van der Waals surface area contributed by atoms with Crippen molar-refractivity contribution in [3.05, 3.63) is 23.8 Å². The second kappa shape index (κ2) is 2.96. The molecule has 74 valence electrons. The molecule has 0 aliphatic heterocycles. The summed E-state index contributed by atoms with van der Waals surface area (Å²) >= 11 is 0. The number of halogens is 1. The number of hydrogen-bond donors (Lipinski definition) is 0. The summed E-state index contributed by atoms with van der Waals surface area (Å²) < 4.78 is 26.9. The minimum atomic E-state index is -3.89. The van der Waals surface area contributed by atoms with Gasteiger partial charge in [0.1, 0.15) is 5.52 Å². The molecule has 0 atom stereocenters. The molecular formula is C8H6ClNO3S. The highest BCUT2D eigenvalue weighted by Gasteiger charge is 2.18. The quantitative estimate of drug-likeness (QED) is 0.705. The highest BCUT2D eigenvalue weighted by molar-refractivity contribution is 8.13. The van der Waals surface area contributed by atoms with Gasteiger partial charge < -0.3 is 4.42 Å². The lowest BCUT2D eigenvalue weighted by Crippen LogP contribution is -1.88. The fraction of sp³-hybridized carbons (Fsp3) is 0.125. The summed E-state index contributed by atoms with van der Waals surface area (Å²) in [6, 6.07) is 5.24. The Morgan fingerprint density at radius 2 is 2.14 bits per heavy atom. The minimum Gasteiger partial charge on any atom is -0.427 e. The Kier molecular flexibility index (Phi) is 2.01. The second-order valence-electron chi connectivity index (χ2n) is 2.84. The first kappa shape index (κ1) is 9.48. The Morgan fingerprint density at radius 3 is 2.71 bits per heavy atom. The SMILES string of the molecule is Cc1cccc2nc(S(=O)(=O)Cl)oc12. The summed E-state index contributed by atoms with van der Waals surface area (Å²) in [6.07, 6.45) is 0. The van der Waals surface area contributed by atoms with Gasteiger partial charge >= 0.3 is 14.3 Å². The van der Waals surface area contributed by atoms with E-state index in [1.165, 1.54) is 0 Å². The van der Waals surface area contributed by atoms with Gasteiger partial charge in [-0.25, -0.2) is 8.42 Å². The molecule has 0 spiro atoms. The summed E-state index contributed by atoms with van der Waals surface area (Å²) in [6.45, 7) is 1.80. The van der Waals surface area contributed by atoms with Gasteiger partial charge in [-0.05, 0) is 18.6 Å². The average Bonchev–Trinajstić information content (AvgIpc) is 2.48. The predicted molar refractivity (Wildman–Crippen MR) is 51.8 cm³/mol. The largest absolute Gasteiger partial charge is 0.427 e. The number of benzene rings is 1. The molecule has 1 heterocycles. The van der Waals surface area contributed by atoms with E-state index in [9.17, 15) is 8.42 Å². The highest BCUT2D eigenvalue weighted by atomic mass is 35.7. The molecule has 2 rings (SSSR count). The Labute approximate surface area is 84.9 Å². The van der Waals surface area contributed by atoms with Gasteiger partial charge in [-0.1, -0.05) is 12.1 Å². The third-order valence-corrected chi connectivity index (χ3v) is 2.79. The number of aromatic nitrogens is 1. The molecule has 0 amide bonds. The van der Waals surface area contributed by atoms with E-state index in [2.05, 4.69) is 4.98 Å². The van der Waals surface area contributed by atoms with Gasteiger partial charge in [0.2, 0.25) is 0 Å². The van der Waals surface area contributed by atoms with Crippen molar-refractivity contribution in [2.45, 2.75) is 12.1 Å². The van der Waals surface area contributed by atoms with Crippen LogP contribution >= 0.6 is 10.7 Å². The number of oxazole rings is 1. The summed E-state index contributed by atoms with van der Waals surface area (Å²) in [5.74, 6) is 0. The van der Waals surface area contributed by atoms with Crippen molar-refractivity contribution in [3.63, 3.8) is 0 Å². The van der Waals surface area contributed by atoms with Crippen LogP contribution in [0.1, 0.15) is 5.56 Å². The molecule has 0 unspecified atom stereocenters. The lowest BCUT2D eigenvalue weighted by Gasteiger charge is -1.89. The van der Waals surface area contributed by atoms with Gasteiger partial charge in [0, 0.05) is 10.7 Å². The van der Waals surface area contributed by atoms with Gasteiger partial charge in [0.25, 0.3) is 0 Å². The molecule has 0 fully saturated rings. The standard InChI is InChI=1S/C8H6ClNO3S/c1-5-3-2-4-6-7(5)13-8(10-6)14(9,11)12/h2-4H,1H3. The summed E-state index contributed by atoms with van der Waals surface area (Å²) in [4.78, 5) is 3.76. The summed E-state index contributed by atoms with van der Waals surface area (Å²) in [5.41, 5.74) is 1.76. The molecule has 14 heavy (non-hydrogen) atoms. The number of nitrogens with zero attached hydrogens (tertiary/aromatic N) is 1. The fourth-order valence-corrected chi connectivity index (χ4v) is 1.76. The Balaban J connectivity index is 2.81. The Hall–Kier alpha value is -1.07. The molecule has 0 saturated heterocycles. The monoisotopic (exact) mass is 231 g/mol. The van der Waals surface area contributed by atoms with E-state index in [1.54, 1.807) is 25.1 Å². The summed E-state index contributed by atoms with van der Waals surface area (Å²) in [7, 11) is 1.21. The first-order valence-corrected chi connectivity index (χ1v) is 6.10. The minimum absolute atomic E-state index is 0.451. The van der Waals surface area contributed by atoms with E-state index in [1.807, 2.05) is 0 Å². The van der Waals surface area contributed by atoms with Gasteiger partial charge in [0.15, 0.2) is 5.58 Å². The maximum absolute atomic E-state index is 10.9. The smallest absolute Gasteiger partial charge is 0.332 e. The number of para-hydroxylation sites is 1. The van der Waals surface area contributed by atoms with E-state index in [0.29, 0.717) is 11.1 Å². The van der Waals surface area contributed by atoms with E-state index in [-0.39, 0.29) is 0 Å². The van der Waals surface area contributed by atoms with Gasteiger partial charge in [-0.3, -0.25) is 0 Å². The zero-order valence-electron chi connectivity index (χ0n) is 7.19. The van der Waals surface area contributed by atoms with Crippen LogP contribution in [0.4, 0.5) is 0 Å². The number of fused-ring (bicyclic) bond motifs is 1. The molecule has 0 N–H and O–H groups in total. The zero-order chi connectivity index (χ0) is 10.3. The Bertz CT molecular complexity index is 588. The van der Waals surface area contributed by atoms with Gasteiger partial charge in [-0.2, -0.15) is 4.98 Å². The van der Waals surface area contributed by atoms with Gasteiger partial charge in [-0.15, -0.1) is 0 Å². The maximum Gasteiger partial charge on any atom is 0.332 e. The van der Waals surface area contributed by atoms with Crippen LogP contribution in [-0.2, 0) is 9.05 Å². The van der Waals surface area contributed by atoms with Crippen LogP contribution in [0.5, 0.6) is 0 Å². The van der Waals surface area contributed by atoms with Crippen molar-refractivity contribution in [1.82, 2.24) is 4.98 Å². The molecular weight excluding hydrogens is 226 g/mol. The van der Waals surface area contributed by atoms with Crippen LogP contribution < -0.4 is 0 Å². The van der Waals surface area contributed by atoms with E-state index in [4.69, 9.17) is 15.1 Å². The van der Waals surface area contributed by atoms with E-state index < -0.39 is 14.3 Å². The van der Waals surface area contributed by atoms with Crippen molar-refractivity contribution in [3.8, 4) is 0 Å².